The van der Waals surface area contributed by atoms with Crippen LogP contribution in [0.5, 0.6) is 0 Å². The molecule has 0 amide bonds. The molecule has 0 saturated carbocycles. The van der Waals surface area contributed by atoms with E-state index in [9.17, 15) is 0 Å². The fraction of sp³-hybridized carbons (Fsp3) is 0.219. The molecule has 9 aromatic carbocycles. The maximum Gasteiger partial charge on any atom is 0.252 e. The maximum absolute atomic E-state index is 5.66. The minimum atomic E-state index is -0.118. The van der Waals surface area contributed by atoms with Crippen molar-refractivity contribution in [3.63, 3.8) is 0 Å². The van der Waals surface area contributed by atoms with Gasteiger partial charge in [0.05, 0.1) is 0 Å². The number of hydrogen-bond donors (Lipinski definition) is 0. The van der Waals surface area contributed by atoms with Gasteiger partial charge in [0, 0.05) is 50.8 Å². The highest BCUT2D eigenvalue weighted by Gasteiger charge is 2.44. The average Bonchev–Trinajstić information content (AvgIpc) is 3.36. The summed E-state index contributed by atoms with van der Waals surface area (Å²) in [6.45, 7) is 27.4. The van der Waals surface area contributed by atoms with E-state index in [0.29, 0.717) is 17.5 Å². The summed E-state index contributed by atoms with van der Waals surface area (Å²) >= 11 is 0. The highest BCUT2D eigenvalue weighted by Crippen LogP contribution is 2.47. The van der Waals surface area contributed by atoms with Gasteiger partial charge in [0.2, 0.25) is 0 Å². The van der Waals surface area contributed by atoms with Gasteiger partial charge in [-0.3, -0.25) is 0 Å². The SMILES string of the molecule is CC(C)(C)c1cc(-c2nc(-c3cc(C(C)(C)C)cc(C(C)(C)C)c3)nc(-c3cc4c5c(c3)N(c3ccc(-c6ccccc6)cc3)c3ccccc3B5c3ccccc3N4c3ccc(-c4ccccc4)cc3)n2)cc(C(C)(C)C)c1. The van der Waals surface area contributed by atoms with E-state index in [1.165, 1.54) is 60.9 Å². The third-order valence-electron chi connectivity index (χ3n) is 16.1. The molecule has 6 heteroatoms. The van der Waals surface area contributed by atoms with Crippen LogP contribution in [0, 0.1) is 0 Å². The van der Waals surface area contributed by atoms with Crippen molar-refractivity contribution in [2.24, 2.45) is 0 Å². The number of aromatic nitrogens is 3. The van der Waals surface area contributed by atoms with Crippen molar-refractivity contribution in [3.8, 4) is 56.4 Å². The third-order valence-corrected chi connectivity index (χ3v) is 16.1. The lowest BCUT2D eigenvalue weighted by Crippen LogP contribution is -2.61. The van der Waals surface area contributed by atoms with E-state index in [4.69, 9.17) is 15.0 Å². The summed E-state index contributed by atoms with van der Waals surface area (Å²) in [5, 5.41) is 0. The van der Waals surface area contributed by atoms with Crippen molar-refractivity contribution in [2.45, 2.75) is 105 Å². The second kappa shape index (κ2) is 19.2. The Bertz CT molecular complexity index is 3620. The predicted molar refractivity (Wildman–Crippen MR) is 336 cm³/mol. The number of para-hydroxylation sites is 2. The summed E-state index contributed by atoms with van der Waals surface area (Å²) < 4.78 is 0. The largest absolute Gasteiger partial charge is 0.311 e. The molecule has 0 fully saturated rings. The minimum absolute atomic E-state index is 0.0532. The van der Waals surface area contributed by atoms with Crippen LogP contribution in [-0.4, -0.2) is 21.7 Å². The summed E-state index contributed by atoms with van der Waals surface area (Å²) in [5.74, 6) is 1.91. The van der Waals surface area contributed by atoms with Gasteiger partial charge in [0.1, 0.15) is 0 Å². The van der Waals surface area contributed by atoms with Crippen molar-refractivity contribution in [1.29, 1.82) is 0 Å². The standard InChI is InChI=1S/C73H70BN5/c1-70(2,3)54-39-51(40-55(45-54)71(4,5)6)67-75-68(52-41-56(72(7,8)9)46-57(42-52)73(10,11)12)77-69(76-67)53-43-64-66-65(44-53)79(59-37-33-50(34-38-59)48-25-17-14-18-26-48)63-30-22-20-28-61(63)74(66)60-27-19-21-29-62(60)78(64)58-35-31-49(32-36-58)47-23-15-13-16-24-47/h13-46H,1-12H3. The fourth-order valence-corrected chi connectivity index (χ4v) is 11.5. The Kier molecular flexibility index (Phi) is 12.5. The molecule has 0 aliphatic carbocycles. The number of nitrogens with zero attached hydrogens (tertiary/aromatic N) is 5. The van der Waals surface area contributed by atoms with Gasteiger partial charge in [0.15, 0.2) is 17.5 Å². The van der Waals surface area contributed by atoms with Crippen LogP contribution in [0.3, 0.4) is 0 Å². The Morgan fingerprint density at radius 3 is 0.899 bits per heavy atom. The van der Waals surface area contributed by atoms with Crippen molar-refractivity contribution >= 4 is 57.2 Å². The molecule has 0 unspecified atom stereocenters. The molecular weight excluding hydrogens is 958 g/mol. The summed E-state index contributed by atoms with van der Waals surface area (Å²) in [6.07, 6.45) is 0. The van der Waals surface area contributed by atoms with Crippen molar-refractivity contribution in [3.05, 3.63) is 229 Å². The number of benzene rings is 9. The van der Waals surface area contributed by atoms with Gasteiger partial charge in [-0.15, -0.1) is 0 Å². The molecule has 0 bridgehead atoms. The van der Waals surface area contributed by atoms with Crippen molar-refractivity contribution in [2.75, 3.05) is 9.80 Å². The molecule has 2 aliphatic rings. The molecule has 0 saturated heterocycles. The predicted octanol–water partition coefficient (Wildman–Crippen LogP) is 17.5. The van der Waals surface area contributed by atoms with Crippen LogP contribution in [0.4, 0.5) is 34.1 Å². The Morgan fingerprint density at radius 1 is 0.278 bits per heavy atom. The van der Waals surface area contributed by atoms with Gasteiger partial charge < -0.3 is 9.80 Å². The average molecular weight is 1030 g/mol. The van der Waals surface area contributed by atoms with E-state index in [1.807, 2.05) is 0 Å². The minimum Gasteiger partial charge on any atom is -0.311 e. The molecule has 390 valence electrons. The summed E-state index contributed by atoms with van der Waals surface area (Å²) in [5.41, 5.74) is 22.4. The zero-order valence-electron chi connectivity index (χ0n) is 47.9. The number of fused-ring (bicyclic) bond motifs is 4. The van der Waals surface area contributed by atoms with Crippen LogP contribution in [0.25, 0.3) is 56.4 Å². The van der Waals surface area contributed by atoms with E-state index >= 15 is 0 Å². The topological polar surface area (TPSA) is 45.2 Å². The van der Waals surface area contributed by atoms with Crippen LogP contribution in [0.1, 0.15) is 105 Å². The molecule has 12 rings (SSSR count). The molecule has 5 nitrogen and oxygen atoms in total. The zero-order valence-corrected chi connectivity index (χ0v) is 47.9. The molecule has 79 heavy (non-hydrogen) atoms. The second-order valence-corrected chi connectivity index (χ2v) is 25.9. The van der Waals surface area contributed by atoms with Crippen LogP contribution in [0.15, 0.2) is 206 Å². The third kappa shape index (κ3) is 9.66. The lowest BCUT2D eigenvalue weighted by Gasteiger charge is -2.44. The van der Waals surface area contributed by atoms with Crippen molar-refractivity contribution < 1.29 is 0 Å². The van der Waals surface area contributed by atoms with Gasteiger partial charge in [-0.2, -0.15) is 0 Å². The molecule has 3 heterocycles. The summed E-state index contributed by atoms with van der Waals surface area (Å²) in [6, 6.07) is 76.1. The van der Waals surface area contributed by atoms with Crippen LogP contribution in [-0.2, 0) is 21.7 Å². The molecule has 1 aromatic heterocycles. The summed E-state index contributed by atoms with van der Waals surface area (Å²) in [7, 11) is 0. The first-order valence-electron chi connectivity index (χ1n) is 28.0. The Hall–Kier alpha value is -8.35. The molecule has 2 aliphatic heterocycles. The first-order chi connectivity index (χ1) is 37.7. The van der Waals surface area contributed by atoms with Gasteiger partial charge in [-0.05, 0) is 155 Å². The zero-order chi connectivity index (χ0) is 55.2. The van der Waals surface area contributed by atoms with Crippen LogP contribution < -0.4 is 26.2 Å². The van der Waals surface area contributed by atoms with Crippen LogP contribution in [0.2, 0.25) is 0 Å². The van der Waals surface area contributed by atoms with Gasteiger partial charge in [-0.1, -0.05) is 217 Å². The monoisotopic (exact) mass is 1030 g/mol. The van der Waals surface area contributed by atoms with Gasteiger partial charge in [0.25, 0.3) is 6.71 Å². The number of anilines is 6. The first kappa shape index (κ1) is 51.4. The lowest BCUT2D eigenvalue weighted by atomic mass is 9.33. The Balaban J connectivity index is 1.16. The van der Waals surface area contributed by atoms with Crippen LogP contribution >= 0.6 is 0 Å². The molecule has 0 atom stereocenters. The lowest BCUT2D eigenvalue weighted by molar-refractivity contribution is 0.568. The quantitative estimate of drug-likeness (QED) is 0.149. The second-order valence-electron chi connectivity index (χ2n) is 25.9. The van der Waals surface area contributed by atoms with Crippen molar-refractivity contribution in [1.82, 2.24) is 15.0 Å². The highest BCUT2D eigenvalue weighted by atomic mass is 15.2. The Labute approximate surface area is 469 Å². The first-order valence-corrected chi connectivity index (χ1v) is 28.0. The molecule has 10 aromatic rings. The maximum atomic E-state index is 5.66. The molecule has 0 N–H and O–H groups in total. The van der Waals surface area contributed by atoms with E-state index in [0.717, 1.165) is 50.8 Å². The summed E-state index contributed by atoms with van der Waals surface area (Å²) in [4.78, 5) is 21.8. The van der Waals surface area contributed by atoms with E-state index in [2.05, 4.69) is 299 Å². The van der Waals surface area contributed by atoms with Gasteiger partial charge >= 0.3 is 0 Å². The molecular formula is C73H70BN5. The van der Waals surface area contributed by atoms with E-state index in [-0.39, 0.29) is 28.4 Å². The van der Waals surface area contributed by atoms with E-state index < -0.39 is 0 Å². The smallest absolute Gasteiger partial charge is 0.252 e. The molecule has 0 spiro atoms. The molecule has 0 radical (unpaired) electrons. The number of rotatable bonds is 7. The fourth-order valence-electron chi connectivity index (χ4n) is 11.5. The normalized spacial score (nSPS) is 13.2. The Morgan fingerprint density at radius 2 is 0.570 bits per heavy atom. The van der Waals surface area contributed by atoms with E-state index in [1.54, 1.807) is 0 Å². The van der Waals surface area contributed by atoms with Gasteiger partial charge in [-0.25, -0.2) is 15.0 Å². The highest BCUT2D eigenvalue weighted by molar-refractivity contribution is 7.00. The number of hydrogen-bond acceptors (Lipinski definition) is 5.